The van der Waals surface area contributed by atoms with Gasteiger partial charge < -0.3 is 0 Å². The van der Waals surface area contributed by atoms with Gasteiger partial charge in [0.15, 0.2) is 0 Å². The summed E-state index contributed by atoms with van der Waals surface area (Å²) in [7, 11) is 0. The molecule has 0 amide bonds. The molecule has 0 radical (unpaired) electrons. The summed E-state index contributed by atoms with van der Waals surface area (Å²) in [4.78, 5) is 0. The Morgan fingerprint density at radius 3 is 1.50 bits per heavy atom. The quantitative estimate of drug-likeness (QED) is 0.359. The van der Waals surface area contributed by atoms with E-state index in [-0.39, 0.29) is 0 Å². The summed E-state index contributed by atoms with van der Waals surface area (Å²) in [6.45, 7) is 0. The Morgan fingerprint density at radius 1 is 1.50 bits per heavy atom. The molecule has 0 heterocycles. The van der Waals surface area contributed by atoms with Crippen molar-refractivity contribution in [3.05, 3.63) is 0 Å². The van der Waals surface area contributed by atoms with Gasteiger partial charge in [-0.1, -0.05) is 0 Å². The Morgan fingerprint density at radius 2 is 1.50 bits per heavy atom. The Kier molecular flexibility index (Phi) is 2.48. The third-order valence-electron chi connectivity index (χ3n) is 0. The highest BCUT2D eigenvalue weighted by Gasteiger charge is 1.88. The van der Waals surface area contributed by atoms with Gasteiger partial charge in [0, 0.05) is 0 Å². The SMILES string of the molecule is O=[P+](S)S. The van der Waals surface area contributed by atoms with E-state index < -0.39 is 6.20 Å². The molecule has 0 saturated carbocycles. The zero-order valence-corrected chi connectivity index (χ0v) is 4.43. The van der Waals surface area contributed by atoms with E-state index in [9.17, 15) is 4.57 Å². The summed E-state index contributed by atoms with van der Waals surface area (Å²) in [5, 5.41) is 0. The van der Waals surface area contributed by atoms with Crippen LogP contribution in [0.2, 0.25) is 0 Å². The molecule has 0 N–H and O–H groups in total. The van der Waals surface area contributed by atoms with E-state index in [0.29, 0.717) is 0 Å². The maximum atomic E-state index is 9.32. The van der Waals surface area contributed by atoms with Crippen molar-refractivity contribution in [2.24, 2.45) is 0 Å². The fraction of sp³-hybridized carbons (Fsp3) is 0. The van der Waals surface area contributed by atoms with Crippen LogP contribution in [0.5, 0.6) is 0 Å². The molecule has 4 heavy (non-hydrogen) atoms. The van der Waals surface area contributed by atoms with Crippen LogP contribution >= 0.6 is 30.7 Å². The van der Waals surface area contributed by atoms with Crippen molar-refractivity contribution in [1.29, 1.82) is 0 Å². The zero-order chi connectivity index (χ0) is 3.58. The van der Waals surface area contributed by atoms with Crippen molar-refractivity contribution in [1.82, 2.24) is 0 Å². The summed E-state index contributed by atoms with van der Waals surface area (Å²) in [6, 6.07) is 0. The summed E-state index contributed by atoms with van der Waals surface area (Å²) in [5.41, 5.74) is 0. The van der Waals surface area contributed by atoms with Gasteiger partial charge in [0.2, 0.25) is 0 Å². The lowest BCUT2D eigenvalue weighted by Gasteiger charge is -1.31. The molecule has 0 aromatic carbocycles. The minimum atomic E-state index is -1.48. The van der Waals surface area contributed by atoms with Crippen molar-refractivity contribution in [2.45, 2.75) is 0 Å². The lowest BCUT2D eigenvalue weighted by atomic mass is 16.0. The average molecular weight is 113 g/mol. The first-order valence-corrected chi connectivity index (χ1v) is 4.15. The Balaban J connectivity index is 2.80. The van der Waals surface area contributed by atoms with Crippen LogP contribution in [0.1, 0.15) is 0 Å². The number of hydrogen-bond donors (Lipinski definition) is 2. The highest BCUT2D eigenvalue weighted by atomic mass is 33.0. The van der Waals surface area contributed by atoms with E-state index in [1.165, 1.54) is 0 Å². The molecule has 0 aromatic heterocycles. The standard InChI is InChI=1S/HOPS2/c1-2(3)4/h(H-,1,3,4)/p+1. The van der Waals surface area contributed by atoms with E-state index in [1.54, 1.807) is 0 Å². The molecule has 0 aliphatic rings. The zero-order valence-electron chi connectivity index (χ0n) is 1.75. The first-order valence-electron chi connectivity index (χ1n) is 0.583. The topological polar surface area (TPSA) is 17.1 Å². The molecule has 0 aliphatic heterocycles. The van der Waals surface area contributed by atoms with Crippen LogP contribution in [0.4, 0.5) is 0 Å². The van der Waals surface area contributed by atoms with Gasteiger partial charge in [0.25, 0.3) is 0 Å². The minimum absolute atomic E-state index is 1.48. The van der Waals surface area contributed by atoms with E-state index >= 15 is 0 Å². The van der Waals surface area contributed by atoms with E-state index in [4.69, 9.17) is 0 Å². The second-order valence-electron chi connectivity index (χ2n) is 0.253. The summed E-state index contributed by atoms with van der Waals surface area (Å²) < 4.78 is 9.32. The molecule has 0 unspecified atom stereocenters. The fourth-order valence-corrected chi connectivity index (χ4v) is 0. The molecule has 0 fully saturated rings. The molecule has 0 atom stereocenters. The van der Waals surface area contributed by atoms with Gasteiger partial charge >= 0.3 is 6.20 Å². The van der Waals surface area contributed by atoms with Gasteiger partial charge in [0.1, 0.15) is 24.5 Å². The van der Waals surface area contributed by atoms with Crippen LogP contribution in [0.3, 0.4) is 0 Å². The number of hydrogen-bond acceptors (Lipinski definition) is 1. The highest BCUT2D eigenvalue weighted by Crippen LogP contribution is 2.29. The van der Waals surface area contributed by atoms with Crippen LogP contribution in [0.15, 0.2) is 0 Å². The Hall–Kier alpha value is 0.800. The van der Waals surface area contributed by atoms with Crippen molar-refractivity contribution in [3.63, 3.8) is 0 Å². The van der Waals surface area contributed by atoms with Crippen molar-refractivity contribution in [2.75, 3.05) is 0 Å². The van der Waals surface area contributed by atoms with Crippen molar-refractivity contribution >= 4 is 30.7 Å². The van der Waals surface area contributed by atoms with Crippen molar-refractivity contribution in [3.8, 4) is 0 Å². The second-order valence-corrected chi connectivity index (χ2v) is 3.88. The fourth-order valence-electron chi connectivity index (χ4n) is 0. The van der Waals surface area contributed by atoms with E-state index in [0.717, 1.165) is 0 Å². The third-order valence-corrected chi connectivity index (χ3v) is 0. The molecule has 0 aliphatic carbocycles. The van der Waals surface area contributed by atoms with Gasteiger partial charge in [-0.3, -0.25) is 0 Å². The van der Waals surface area contributed by atoms with Crippen LogP contribution in [-0.4, -0.2) is 0 Å². The maximum Gasteiger partial charge on any atom is 0.477 e. The number of rotatable bonds is 0. The molecule has 24 valence electrons. The summed E-state index contributed by atoms with van der Waals surface area (Å²) in [6.07, 6.45) is -1.48. The third kappa shape index (κ3) is 14.2. The molecular weight excluding hydrogens is 111 g/mol. The number of thiol groups is 2. The largest absolute Gasteiger partial charge is 0.477 e. The summed E-state index contributed by atoms with van der Waals surface area (Å²) >= 11 is 6.68. The minimum Gasteiger partial charge on any atom is -0.0447 e. The smallest absolute Gasteiger partial charge is 0.0447 e. The lowest BCUT2D eigenvalue weighted by Crippen LogP contribution is -0.966. The Bertz CT molecular complexity index is 29.0. The normalized spacial score (nSPS) is 6.50. The molecule has 0 rings (SSSR count). The first-order chi connectivity index (χ1) is 1.73. The van der Waals surface area contributed by atoms with Gasteiger partial charge in [-0.15, -0.1) is 0 Å². The predicted molar refractivity (Wildman–Crippen MR) is 25.6 cm³/mol. The average Bonchev–Trinajstić information content (AvgIpc) is 0.811. The lowest BCUT2D eigenvalue weighted by molar-refractivity contribution is 0.604. The van der Waals surface area contributed by atoms with E-state index in [1.807, 2.05) is 0 Å². The Labute approximate surface area is 35.9 Å². The summed E-state index contributed by atoms with van der Waals surface area (Å²) in [5.74, 6) is 0. The maximum absolute atomic E-state index is 9.32. The van der Waals surface area contributed by atoms with Gasteiger partial charge in [0.05, 0.1) is 0 Å². The first kappa shape index (κ1) is 4.80. The molecular formula is H2OPS2+. The van der Waals surface area contributed by atoms with E-state index in [2.05, 4.69) is 24.5 Å². The molecule has 0 spiro atoms. The van der Waals surface area contributed by atoms with Crippen LogP contribution in [-0.2, 0) is 4.57 Å². The highest BCUT2D eigenvalue weighted by molar-refractivity contribution is 8.73. The van der Waals surface area contributed by atoms with Gasteiger partial charge in [-0.2, -0.15) is 0 Å². The molecule has 0 bridgehead atoms. The van der Waals surface area contributed by atoms with Crippen LogP contribution in [0, 0.1) is 0 Å². The van der Waals surface area contributed by atoms with Crippen molar-refractivity contribution < 1.29 is 4.57 Å². The predicted octanol–water partition coefficient (Wildman–Crippen LogP) is 1.50. The van der Waals surface area contributed by atoms with Gasteiger partial charge in [-0.05, 0) is 4.57 Å². The van der Waals surface area contributed by atoms with Gasteiger partial charge in [-0.25, -0.2) is 0 Å². The second kappa shape index (κ2) is 2.06. The molecule has 0 saturated heterocycles. The monoisotopic (exact) mass is 113 g/mol. The van der Waals surface area contributed by atoms with Crippen LogP contribution < -0.4 is 0 Å². The van der Waals surface area contributed by atoms with Crippen LogP contribution in [0.25, 0.3) is 0 Å². The molecule has 4 heteroatoms. The molecule has 0 aromatic rings. The molecule has 1 nitrogen and oxygen atoms in total.